The number of rotatable bonds is 9. The van der Waals surface area contributed by atoms with Gasteiger partial charge in [0.25, 0.3) is 5.91 Å². The van der Waals surface area contributed by atoms with Gasteiger partial charge in [-0.1, -0.05) is 85.6 Å². The van der Waals surface area contributed by atoms with Crippen molar-refractivity contribution < 1.29 is 4.79 Å². The predicted molar refractivity (Wildman–Crippen MR) is 175 cm³/mol. The van der Waals surface area contributed by atoms with E-state index in [1.807, 2.05) is 89.9 Å². The van der Waals surface area contributed by atoms with E-state index in [1.54, 1.807) is 6.20 Å². The topological polar surface area (TPSA) is 80.5 Å². The van der Waals surface area contributed by atoms with Crippen LogP contribution in [-0.4, -0.2) is 30.2 Å². The lowest BCUT2D eigenvalue weighted by Gasteiger charge is -2.19. The molecule has 1 amide bonds. The summed E-state index contributed by atoms with van der Waals surface area (Å²) in [5.41, 5.74) is 5.51. The number of hydrogen-bond donors (Lipinski definition) is 2. The van der Waals surface area contributed by atoms with E-state index in [0.717, 1.165) is 45.4 Å². The number of anilines is 1. The lowest BCUT2D eigenvalue weighted by Crippen LogP contribution is -2.18. The number of hydrogen-bond acceptors (Lipinski definition) is 3. The third kappa shape index (κ3) is 5.83. The van der Waals surface area contributed by atoms with Gasteiger partial charge in [0.15, 0.2) is 0 Å². The molecule has 2 N–H and O–H groups in total. The fourth-order valence-electron chi connectivity index (χ4n) is 5.37. The van der Waals surface area contributed by atoms with Crippen molar-refractivity contribution in [3.63, 3.8) is 0 Å². The van der Waals surface area contributed by atoms with Crippen LogP contribution in [0.1, 0.15) is 49.3 Å². The molecule has 7 nitrogen and oxygen atoms in total. The molecule has 0 saturated carbocycles. The van der Waals surface area contributed by atoms with Gasteiger partial charge in [-0.15, -0.1) is 0 Å². The van der Waals surface area contributed by atoms with Crippen LogP contribution in [0.3, 0.4) is 0 Å². The molecular weight excluding hydrogens is 579 g/mol. The van der Waals surface area contributed by atoms with E-state index in [1.165, 1.54) is 0 Å². The predicted octanol–water partition coefficient (Wildman–Crippen LogP) is 9.11. The molecule has 6 rings (SSSR count). The Morgan fingerprint density at radius 2 is 1.70 bits per heavy atom. The van der Waals surface area contributed by atoms with Crippen LogP contribution in [-0.2, 0) is 6.54 Å². The van der Waals surface area contributed by atoms with Crippen LogP contribution >= 0.6 is 23.2 Å². The second kappa shape index (κ2) is 12.1. The first-order valence-electron chi connectivity index (χ1n) is 14.3. The summed E-state index contributed by atoms with van der Waals surface area (Å²) in [7, 11) is 0. The Bertz CT molecular complexity index is 1890. The summed E-state index contributed by atoms with van der Waals surface area (Å²) in [6.07, 6.45) is 4.50. The Morgan fingerprint density at radius 1 is 0.953 bits per heavy atom. The fourth-order valence-corrected chi connectivity index (χ4v) is 5.67. The SMILES string of the molecule is CC(C)CCn1nccc1NC(=O)c1[nH]c2cc(Cl)ccc2c1-c1c(-c2ccccc2)ncn1[C@@H](C)c1ccc(Cl)cc1. The second-order valence-corrected chi connectivity index (χ2v) is 12.0. The number of carbonyl (C=O) groups excluding carboxylic acids is 1. The van der Waals surface area contributed by atoms with Crippen molar-refractivity contribution in [2.75, 3.05) is 5.32 Å². The Kier molecular flexibility index (Phi) is 8.10. The summed E-state index contributed by atoms with van der Waals surface area (Å²) in [6, 6.07) is 25.2. The van der Waals surface area contributed by atoms with Crippen LogP contribution in [0.25, 0.3) is 33.4 Å². The van der Waals surface area contributed by atoms with Crippen LogP contribution in [0.5, 0.6) is 0 Å². The van der Waals surface area contributed by atoms with Gasteiger partial charge in [-0.3, -0.25) is 4.79 Å². The maximum absolute atomic E-state index is 14.1. The number of nitrogens with one attached hydrogen (secondary N) is 2. The number of carbonyl (C=O) groups is 1. The van der Waals surface area contributed by atoms with Crippen molar-refractivity contribution in [1.82, 2.24) is 24.3 Å². The molecule has 0 aliphatic carbocycles. The van der Waals surface area contributed by atoms with Gasteiger partial charge in [0.05, 0.1) is 30.0 Å². The van der Waals surface area contributed by atoms with Gasteiger partial charge in [0, 0.05) is 44.7 Å². The lowest BCUT2D eigenvalue weighted by atomic mass is 9.99. The van der Waals surface area contributed by atoms with Crippen molar-refractivity contribution in [2.45, 2.75) is 39.8 Å². The largest absolute Gasteiger partial charge is 0.350 e. The summed E-state index contributed by atoms with van der Waals surface area (Å²) in [5.74, 6) is 0.872. The van der Waals surface area contributed by atoms with Crippen molar-refractivity contribution in [2.24, 2.45) is 5.92 Å². The minimum Gasteiger partial charge on any atom is -0.350 e. The zero-order valence-corrected chi connectivity index (χ0v) is 25.7. The molecule has 0 unspecified atom stereocenters. The van der Waals surface area contributed by atoms with Crippen molar-refractivity contribution in [3.05, 3.63) is 113 Å². The first-order valence-corrected chi connectivity index (χ1v) is 15.1. The van der Waals surface area contributed by atoms with Gasteiger partial charge >= 0.3 is 0 Å². The first-order chi connectivity index (χ1) is 20.8. The van der Waals surface area contributed by atoms with Gasteiger partial charge in [0.2, 0.25) is 0 Å². The molecule has 218 valence electrons. The average molecular weight is 612 g/mol. The van der Waals surface area contributed by atoms with Crippen molar-refractivity contribution in [1.29, 1.82) is 0 Å². The molecule has 0 aliphatic rings. The highest BCUT2D eigenvalue weighted by Crippen LogP contribution is 2.41. The second-order valence-electron chi connectivity index (χ2n) is 11.1. The van der Waals surface area contributed by atoms with Crippen LogP contribution < -0.4 is 5.32 Å². The maximum Gasteiger partial charge on any atom is 0.273 e. The number of benzene rings is 3. The smallest absolute Gasteiger partial charge is 0.273 e. The van der Waals surface area contributed by atoms with Gasteiger partial charge in [-0.2, -0.15) is 5.10 Å². The standard InChI is InChI=1S/C34H32Cl2N6O/c1-21(2)16-18-42-29(15-17-38-42)40-34(43)32-30(27-14-13-26(36)19-28(27)39-32)33-31(24-7-5-4-6-8-24)37-20-41(33)22(3)23-9-11-25(35)12-10-23/h4-15,17,19-22,39H,16,18H2,1-3H3,(H,40,43)/t22-/m0/s1. The molecule has 3 aromatic carbocycles. The average Bonchev–Trinajstić information content (AvgIpc) is 3.73. The van der Waals surface area contributed by atoms with E-state index in [-0.39, 0.29) is 11.9 Å². The third-order valence-corrected chi connectivity index (χ3v) is 8.20. The molecule has 6 aromatic rings. The summed E-state index contributed by atoms with van der Waals surface area (Å²) < 4.78 is 3.95. The number of aromatic nitrogens is 5. The third-order valence-electron chi connectivity index (χ3n) is 7.71. The highest BCUT2D eigenvalue weighted by atomic mass is 35.5. The summed E-state index contributed by atoms with van der Waals surface area (Å²) in [5, 5.41) is 9.66. The molecule has 43 heavy (non-hydrogen) atoms. The Labute approximate surface area is 260 Å². The van der Waals surface area contributed by atoms with E-state index >= 15 is 0 Å². The molecule has 3 heterocycles. The Morgan fingerprint density at radius 3 is 2.44 bits per heavy atom. The number of amides is 1. The van der Waals surface area contributed by atoms with Crippen LogP contribution in [0.2, 0.25) is 10.0 Å². The summed E-state index contributed by atoms with van der Waals surface area (Å²) in [6.45, 7) is 7.16. The van der Waals surface area contributed by atoms with Gasteiger partial charge in [-0.25, -0.2) is 9.67 Å². The number of H-pyrrole nitrogens is 1. The highest BCUT2D eigenvalue weighted by Gasteiger charge is 2.28. The Balaban J connectivity index is 1.53. The number of aromatic amines is 1. The number of halogens is 2. The highest BCUT2D eigenvalue weighted by molar-refractivity contribution is 6.31. The molecule has 0 spiro atoms. The Hall–Kier alpha value is -4.33. The molecule has 0 radical (unpaired) electrons. The molecule has 0 aliphatic heterocycles. The molecule has 0 saturated heterocycles. The van der Waals surface area contributed by atoms with E-state index in [4.69, 9.17) is 28.2 Å². The lowest BCUT2D eigenvalue weighted by molar-refractivity contribution is 0.102. The molecule has 1 atom stereocenters. The van der Waals surface area contributed by atoms with Gasteiger partial charge in [0.1, 0.15) is 11.5 Å². The molecule has 0 fully saturated rings. The molecule has 0 bridgehead atoms. The molecule has 9 heteroatoms. The van der Waals surface area contributed by atoms with E-state index in [2.05, 4.69) is 40.7 Å². The van der Waals surface area contributed by atoms with E-state index < -0.39 is 0 Å². The zero-order valence-electron chi connectivity index (χ0n) is 24.2. The van der Waals surface area contributed by atoms with E-state index in [9.17, 15) is 4.79 Å². The number of imidazole rings is 1. The fraction of sp³-hybridized carbons (Fsp3) is 0.206. The first kappa shape index (κ1) is 28.8. The molecular formula is C34H32Cl2N6O. The van der Waals surface area contributed by atoms with E-state index in [0.29, 0.717) is 34.0 Å². The number of nitrogens with zero attached hydrogens (tertiary/aromatic N) is 4. The van der Waals surface area contributed by atoms with Crippen LogP contribution in [0.15, 0.2) is 91.4 Å². The number of fused-ring (bicyclic) bond motifs is 1. The van der Waals surface area contributed by atoms with Gasteiger partial charge < -0.3 is 14.9 Å². The monoisotopic (exact) mass is 610 g/mol. The summed E-state index contributed by atoms with van der Waals surface area (Å²) in [4.78, 5) is 22.4. The normalized spacial score (nSPS) is 12.2. The summed E-state index contributed by atoms with van der Waals surface area (Å²) >= 11 is 12.6. The zero-order chi connectivity index (χ0) is 30.1. The van der Waals surface area contributed by atoms with Crippen LogP contribution in [0.4, 0.5) is 5.82 Å². The van der Waals surface area contributed by atoms with Gasteiger partial charge in [-0.05, 0) is 49.1 Å². The maximum atomic E-state index is 14.1. The quantitative estimate of drug-likeness (QED) is 0.171. The minimum absolute atomic E-state index is 0.108. The number of aryl methyl sites for hydroxylation is 1. The van der Waals surface area contributed by atoms with Crippen molar-refractivity contribution in [3.8, 4) is 22.5 Å². The van der Waals surface area contributed by atoms with Crippen LogP contribution in [0, 0.1) is 5.92 Å². The molecule has 3 aromatic heterocycles. The minimum atomic E-state index is -0.278. The van der Waals surface area contributed by atoms with Crippen molar-refractivity contribution >= 4 is 45.8 Å².